The van der Waals surface area contributed by atoms with Crippen LogP contribution in [0.3, 0.4) is 0 Å². The Morgan fingerprint density at radius 3 is 2.60 bits per heavy atom. The summed E-state index contributed by atoms with van der Waals surface area (Å²) in [6.45, 7) is 3.60. The zero-order valence-electron chi connectivity index (χ0n) is 13.8. The first-order chi connectivity index (χ1) is 12.0. The number of nitrogens with zero attached hydrogens (tertiary/aromatic N) is 4. The van der Waals surface area contributed by atoms with Crippen LogP contribution in [-0.2, 0) is 4.74 Å². The number of carbonyl (C=O) groups is 2. The third-order valence-corrected chi connectivity index (χ3v) is 3.86. The lowest BCUT2D eigenvalue weighted by atomic mass is 10.0. The second-order valence-corrected chi connectivity index (χ2v) is 5.60. The second kappa shape index (κ2) is 7.04. The molecule has 0 aliphatic heterocycles. The molecule has 0 aliphatic carbocycles. The molecule has 0 radical (unpaired) electrons. The van der Waals surface area contributed by atoms with E-state index in [1.165, 1.54) is 11.0 Å². The lowest BCUT2D eigenvalue weighted by Crippen LogP contribution is -2.14. The van der Waals surface area contributed by atoms with Crippen molar-refractivity contribution in [1.29, 1.82) is 0 Å². The van der Waals surface area contributed by atoms with Crippen LogP contribution in [0, 0.1) is 13.8 Å². The van der Waals surface area contributed by atoms with E-state index >= 15 is 0 Å². The molecule has 0 saturated heterocycles. The van der Waals surface area contributed by atoms with Crippen molar-refractivity contribution in [2.24, 2.45) is 0 Å². The van der Waals surface area contributed by atoms with Gasteiger partial charge in [-0.05, 0) is 59.7 Å². The van der Waals surface area contributed by atoms with Crippen LogP contribution < -0.4 is 0 Å². The predicted molar refractivity (Wildman–Crippen MR) is 89.7 cm³/mol. The highest BCUT2D eigenvalue weighted by Gasteiger charge is 2.13. The Morgan fingerprint density at radius 1 is 1.04 bits per heavy atom. The second-order valence-electron chi connectivity index (χ2n) is 5.60. The van der Waals surface area contributed by atoms with Crippen LogP contribution in [0.4, 0.5) is 0 Å². The molecular weight excluding hydrogens is 320 g/mol. The average Bonchev–Trinajstić information content (AvgIpc) is 3.16. The Kier molecular flexibility index (Phi) is 4.65. The number of rotatable bonds is 5. The molecule has 3 aromatic rings. The van der Waals surface area contributed by atoms with Gasteiger partial charge in [0.25, 0.3) is 0 Å². The highest BCUT2D eigenvalue weighted by Crippen LogP contribution is 2.12. The van der Waals surface area contributed by atoms with Gasteiger partial charge in [0.05, 0.1) is 11.3 Å². The van der Waals surface area contributed by atoms with Gasteiger partial charge in [-0.1, -0.05) is 18.2 Å². The maximum Gasteiger partial charge on any atom is 0.338 e. The van der Waals surface area contributed by atoms with Gasteiger partial charge in [-0.3, -0.25) is 4.79 Å². The van der Waals surface area contributed by atoms with Crippen LogP contribution in [0.5, 0.6) is 0 Å². The largest absolute Gasteiger partial charge is 0.454 e. The average molecular weight is 336 g/mol. The number of hydrogen-bond acceptors (Lipinski definition) is 6. The van der Waals surface area contributed by atoms with E-state index in [-0.39, 0.29) is 12.4 Å². The van der Waals surface area contributed by atoms with Gasteiger partial charge in [0.1, 0.15) is 6.33 Å². The van der Waals surface area contributed by atoms with Crippen LogP contribution in [0.25, 0.3) is 5.69 Å². The molecule has 0 atom stereocenters. The van der Waals surface area contributed by atoms with Crippen molar-refractivity contribution in [3.63, 3.8) is 0 Å². The third kappa shape index (κ3) is 3.77. The van der Waals surface area contributed by atoms with Gasteiger partial charge in [0.15, 0.2) is 12.4 Å². The quantitative estimate of drug-likeness (QED) is 0.525. The molecule has 0 fully saturated rings. The predicted octanol–water partition coefficient (Wildman–Crippen LogP) is 2.32. The van der Waals surface area contributed by atoms with E-state index in [4.69, 9.17) is 4.74 Å². The SMILES string of the molecule is Cc1ccc(C(=O)COC(=O)c2cccc(-n3cnnn3)c2)cc1C. The number of ketones is 1. The molecule has 0 unspecified atom stereocenters. The summed E-state index contributed by atoms with van der Waals surface area (Å²) in [6.07, 6.45) is 1.42. The van der Waals surface area contributed by atoms with Crippen molar-refractivity contribution in [2.45, 2.75) is 13.8 Å². The molecule has 0 bridgehead atoms. The Labute approximate surface area is 144 Å². The number of ether oxygens (including phenoxy) is 1. The van der Waals surface area contributed by atoms with Crippen molar-refractivity contribution >= 4 is 11.8 Å². The van der Waals surface area contributed by atoms with Crippen LogP contribution >= 0.6 is 0 Å². The first-order valence-electron chi connectivity index (χ1n) is 7.65. The zero-order valence-corrected chi connectivity index (χ0v) is 13.8. The summed E-state index contributed by atoms with van der Waals surface area (Å²) >= 11 is 0. The summed E-state index contributed by atoms with van der Waals surface area (Å²) in [5.74, 6) is -0.819. The maximum atomic E-state index is 12.2. The highest BCUT2D eigenvalue weighted by molar-refractivity contribution is 5.99. The Morgan fingerprint density at radius 2 is 1.88 bits per heavy atom. The van der Waals surface area contributed by atoms with Crippen molar-refractivity contribution < 1.29 is 14.3 Å². The third-order valence-electron chi connectivity index (χ3n) is 3.86. The number of tetrazole rings is 1. The summed E-state index contributed by atoms with van der Waals surface area (Å²) in [5.41, 5.74) is 3.60. The molecular formula is C18H16N4O3. The van der Waals surface area contributed by atoms with E-state index in [2.05, 4.69) is 15.5 Å². The van der Waals surface area contributed by atoms with Crippen LogP contribution in [0.15, 0.2) is 48.8 Å². The fraction of sp³-hybridized carbons (Fsp3) is 0.167. The number of Topliss-reactive ketones (excluding diaryl/α,β-unsaturated/α-hetero) is 1. The molecule has 126 valence electrons. The minimum atomic E-state index is -0.577. The van der Waals surface area contributed by atoms with Gasteiger partial charge in [-0.2, -0.15) is 0 Å². The first-order valence-corrected chi connectivity index (χ1v) is 7.65. The minimum Gasteiger partial charge on any atom is -0.454 e. The van der Waals surface area contributed by atoms with E-state index in [9.17, 15) is 9.59 Å². The molecule has 1 heterocycles. The van der Waals surface area contributed by atoms with Crippen LogP contribution in [-0.4, -0.2) is 38.6 Å². The number of carbonyl (C=O) groups excluding carboxylic acids is 2. The van der Waals surface area contributed by atoms with Crippen molar-refractivity contribution in [3.8, 4) is 5.69 Å². The molecule has 3 rings (SSSR count). The Hall–Kier alpha value is -3.35. The van der Waals surface area contributed by atoms with Gasteiger partial charge in [-0.15, -0.1) is 5.10 Å². The zero-order chi connectivity index (χ0) is 17.8. The van der Waals surface area contributed by atoms with E-state index in [1.54, 1.807) is 36.4 Å². The summed E-state index contributed by atoms with van der Waals surface area (Å²) in [4.78, 5) is 24.4. The normalized spacial score (nSPS) is 10.5. The molecule has 0 saturated carbocycles. The number of hydrogen-bond donors (Lipinski definition) is 0. The summed E-state index contributed by atoms with van der Waals surface area (Å²) < 4.78 is 6.56. The van der Waals surface area contributed by atoms with E-state index in [0.717, 1.165) is 11.1 Å². The minimum absolute atomic E-state index is 0.243. The molecule has 0 spiro atoms. The summed E-state index contributed by atoms with van der Waals surface area (Å²) in [5, 5.41) is 10.9. The fourth-order valence-corrected chi connectivity index (χ4v) is 2.27. The van der Waals surface area contributed by atoms with Gasteiger partial charge < -0.3 is 4.74 Å². The number of aryl methyl sites for hydroxylation is 2. The molecule has 2 aromatic carbocycles. The fourth-order valence-electron chi connectivity index (χ4n) is 2.27. The lowest BCUT2D eigenvalue weighted by molar-refractivity contribution is 0.0474. The van der Waals surface area contributed by atoms with Crippen molar-refractivity contribution in [1.82, 2.24) is 20.2 Å². The Bertz CT molecular complexity index is 920. The molecule has 1 aromatic heterocycles. The molecule has 7 heteroatoms. The monoisotopic (exact) mass is 336 g/mol. The van der Waals surface area contributed by atoms with Gasteiger partial charge in [0, 0.05) is 5.56 Å². The number of aromatic nitrogens is 4. The van der Waals surface area contributed by atoms with E-state index < -0.39 is 5.97 Å². The topological polar surface area (TPSA) is 87.0 Å². The highest BCUT2D eigenvalue weighted by atomic mass is 16.5. The maximum absolute atomic E-state index is 12.2. The van der Waals surface area contributed by atoms with E-state index in [1.807, 2.05) is 19.9 Å². The number of esters is 1. The van der Waals surface area contributed by atoms with Gasteiger partial charge in [-0.25, -0.2) is 9.48 Å². The van der Waals surface area contributed by atoms with Crippen LogP contribution in [0.2, 0.25) is 0 Å². The standard InChI is InChI=1S/C18H16N4O3/c1-12-6-7-14(8-13(12)2)17(23)10-25-18(24)15-4-3-5-16(9-15)22-11-19-20-21-22/h3-9,11H,10H2,1-2H3. The van der Waals surface area contributed by atoms with Crippen LogP contribution in [0.1, 0.15) is 31.8 Å². The van der Waals surface area contributed by atoms with Gasteiger partial charge in [0.2, 0.25) is 0 Å². The molecule has 25 heavy (non-hydrogen) atoms. The first kappa shape index (κ1) is 16.5. The molecule has 0 N–H and O–H groups in total. The smallest absolute Gasteiger partial charge is 0.338 e. The summed E-state index contributed by atoms with van der Waals surface area (Å²) in [6, 6.07) is 12.1. The van der Waals surface area contributed by atoms with Crippen molar-refractivity contribution in [2.75, 3.05) is 6.61 Å². The van der Waals surface area contributed by atoms with Gasteiger partial charge >= 0.3 is 5.97 Å². The molecule has 7 nitrogen and oxygen atoms in total. The summed E-state index contributed by atoms with van der Waals surface area (Å²) in [7, 11) is 0. The Balaban J connectivity index is 1.67. The lowest BCUT2D eigenvalue weighted by Gasteiger charge is -2.07. The molecule has 0 amide bonds. The molecule has 0 aliphatic rings. The van der Waals surface area contributed by atoms with Crippen molar-refractivity contribution in [3.05, 3.63) is 71.0 Å². The van der Waals surface area contributed by atoms with E-state index in [0.29, 0.717) is 16.8 Å². The number of benzene rings is 2.